The number of hydrogen-bond acceptors (Lipinski definition) is 4. The Morgan fingerprint density at radius 2 is 2.00 bits per heavy atom. The molecule has 4 nitrogen and oxygen atoms in total. The van der Waals surface area contributed by atoms with Gasteiger partial charge in [0.1, 0.15) is 0 Å². The van der Waals surface area contributed by atoms with Gasteiger partial charge in [-0.25, -0.2) is 0 Å². The van der Waals surface area contributed by atoms with Crippen molar-refractivity contribution < 1.29 is 9.53 Å². The molecule has 1 aromatic rings. The molecule has 1 aliphatic rings. The van der Waals surface area contributed by atoms with E-state index in [-0.39, 0.29) is 5.91 Å². The van der Waals surface area contributed by atoms with Crippen molar-refractivity contribution in [1.82, 2.24) is 9.80 Å². The highest BCUT2D eigenvalue weighted by Gasteiger charge is 2.22. The molecule has 1 aromatic carbocycles. The lowest BCUT2D eigenvalue weighted by Crippen LogP contribution is -2.39. The Morgan fingerprint density at radius 1 is 1.29 bits per heavy atom. The van der Waals surface area contributed by atoms with Crippen molar-refractivity contribution in [2.75, 3.05) is 52.7 Å². The molecule has 5 heteroatoms. The van der Waals surface area contributed by atoms with Gasteiger partial charge < -0.3 is 14.5 Å². The lowest BCUT2D eigenvalue weighted by atomic mass is 10.1. The van der Waals surface area contributed by atoms with Crippen LogP contribution in [0.4, 0.5) is 0 Å². The van der Waals surface area contributed by atoms with Gasteiger partial charge in [0.2, 0.25) is 5.91 Å². The van der Waals surface area contributed by atoms with Crippen LogP contribution in [0, 0.1) is 19.8 Å². The first-order valence-corrected chi connectivity index (χ1v) is 9.74. The van der Waals surface area contributed by atoms with E-state index in [1.165, 1.54) is 16.7 Å². The van der Waals surface area contributed by atoms with Gasteiger partial charge >= 0.3 is 0 Å². The van der Waals surface area contributed by atoms with E-state index >= 15 is 0 Å². The maximum Gasteiger partial charge on any atom is 0.232 e. The van der Waals surface area contributed by atoms with E-state index in [2.05, 4.69) is 51.0 Å². The third kappa shape index (κ3) is 6.46. The highest BCUT2D eigenvalue weighted by Crippen LogP contribution is 2.17. The van der Waals surface area contributed by atoms with Crippen LogP contribution in [0.5, 0.6) is 0 Å². The van der Waals surface area contributed by atoms with Crippen LogP contribution >= 0.6 is 11.8 Å². The number of ether oxygens (including phenoxy) is 1. The molecule has 0 aromatic heterocycles. The Balaban J connectivity index is 1.82. The van der Waals surface area contributed by atoms with E-state index in [4.69, 9.17) is 4.74 Å². The standard InChI is InChI=1S/C19H30N2O2S/c1-15-7-16(2)9-17(8-15)13-24-14-19(22)21-5-6-23-12-18(11-21)10-20(3)4/h7-9,18H,5-6,10-14H2,1-4H3/t18-/m1/s1. The summed E-state index contributed by atoms with van der Waals surface area (Å²) in [6, 6.07) is 6.59. The summed E-state index contributed by atoms with van der Waals surface area (Å²) in [6.45, 7) is 8.12. The van der Waals surface area contributed by atoms with Crippen molar-refractivity contribution in [1.29, 1.82) is 0 Å². The summed E-state index contributed by atoms with van der Waals surface area (Å²) in [5.41, 5.74) is 3.87. The highest BCUT2D eigenvalue weighted by molar-refractivity contribution is 7.99. The SMILES string of the molecule is Cc1cc(C)cc(CSCC(=O)N2CCOC[C@H](CN(C)C)C2)c1. The smallest absolute Gasteiger partial charge is 0.232 e. The summed E-state index contributed by atoms with van der Waals surface area (Å²) in [4.78, 5) is 16.7. The second-order valence-corrected chi connectivity index (χ2v) is 8.02. The number of carbonyl (C=O) groups is 1. The van der Waals surface area contributed by atoms with Gasteiger partial charge in [-0.15, -0.1) is 11.8 Å². The summed E-state index contributed by atoms with van der Waals surface area (Å²) >= 11 is 1.71. The fourth-order valence-corrected chi connectivity index (χ4v) is 4.10. The molecule has 24 heavy (non-hydrogen) atoms. The molecule has 1 atom stereocenters. The molecule has 134 valence electrons. The number of rotatable bonds is 6. The number of aryl methyl sites for hydroxylation is 2. The largest absolute Gasteiger partial charge is 0.379 e. The van der Waals surface area contributed by atoms with Crippen molar-refractivity contribution in [3.8, 4) is 0 Å². The quantitative estimate of drug-likeness (QED) is 0.789. The molecule has 1 aliphatic heterocycles. The molecule has 0 bridgehead atoms. The second-order valence-electron chi connectivity index (χ2n) is 7.03. The topological polar surface area (TPSA) is 32.8 Å². The predicted molar refractivity (Wildman–Crippen MR) is 102 cm³/mol. The van der Waals surface area contributed by atoms with E-state index in [1.807, 2.05) is 4.90 Å². The lowest BCUT2D eigenvalue weighted by Gasteiger charge is -2.25. The fourth-order valence-electron chi connectivity index (χ4n) is 3.23. The second kappa shape index (κ2) is 9.44. The van der Waals surface area contributed by atoms with Crippen LogP contribution in [0.2, 0.25) is 0 Å². The minimum Gasteiger partial charge on any atom is -0.379 e. The number of benzene rings is 1. The molecule has 1 amide bonds. The van der Waals surface area contributed by atoms with Gasteiger partial charge in [0.15, 0.2) is 0 Å². The Kier molecular flexibility index (Phi) is 7.59. The average molecular weight is 351 g/mol. The Hall–Kier alpha value is -1.04. The van der Waals surface area contributed by atoms with E-state index in [0.717, 1.165) is 25.4 Å². The van der Waals surface area contributed by atoms with Gasteiger partial charge in [-0.05, 0) is 33.5 Å². The van der Waals surface area contributed by atoms with Crippen molar-refractivity contribution >= 4 is 17.7 Å². The van der Waals surface area contributed by atoms with E-state index < -0.39 is 0 Å². The Bertz CT molecular complexity index is 528. The van der Waals surface area contributed by atoms with E-state index in [9.17, 15) is 4.79 Å². The lowest BCUT2D eigenvalue weighted by molar-refractivity contribution is -0.128. The number of amides is 1. The number of carbonyl (C=O) groups excluding carboxylic acids is 1. The molecule has 0 unspecified atom stereocenters. The summed E-state index contributed by atoms with van der Waals surface area (Å²) < 4.78 is 5.66. The third-order valence-corrected chi connectivity index (χ3v) is 5.08. The molecule has 0 spiro atoms. The molecule has 2 rings (SSSR count). The molecule has 0 radical (unpaired) electrons. The summed E-state index contributed by atoms with van der Waals surface area (Å²) in [6.07, 6.45) is 0. The Labute approximate surface area is 150 Å². The Morgan fingerprint density at radius 3 is 2.67 bits per heavy atom. The minimum absolute atomic E-state index is 0.235. The zero-order valence-electron chi connectivity index (χ0n) is 15.4. The first kappa shape index (κ1) is 19.3. The first-order chi connectivity index (χ1) is 11.4. The maximum atomic E-state index is 12.5. The van der Waals surface area contributed by atoms with E-state index in [0.29, 0.717) is 24.8 Å². The fraction of sp³-hybridized carbons (Fsp3) is 0.632. The van der Waals surface area contributed by atoms with Gasteiger partial charge in [0, 0.05) is 31.3 Å². The van der Waals surface area contributed by atoms with Crippen molar-refractivity contribution in [2.45, 2.75) is 19.6 Å². The van der Waals surface area contributed by atoms with Crippen molar-refractivity contribution in [3.05, 3.63) is 34.9 Å². The molecule has 0 saturated carbocycles. The molecule has 1 fully saturated rings. The average Bonchev–Trinajstić information content (AvgIpc) is 2.71. The zero-order valence-corrected chi connectivity index (χ0v) is 16.2. The normalized spacial score (nSPS) is 18.7. The molecule has 1 saturated heterocycles. The van der Waals surface area contributed by atoms with Crippen LogP contribution in [0.25, 0.3) is 0 Å². The minimum atomic E-state index is 0.235. The number of nitrogens with zero attached hydrogens (tertiary/aromatic N) is 2. The highest BCUT2D eigenvalue weighted by atomic mass is 32.2. The zero-order chi connectivity index (χ0) is 17.5. The molecule has 1 heterocycles. The summed E-state index contributed by atoms with van der Waals surface area (Å²) in [5.74, 6) is 2.07. The van der Waals surface area contributed by atoms with Gasteiger partial charge in [-0.3, -0.25) is 4.79 Å². The maximum absolute atomic E-state index is 12.5. The summed E-state index contributed by atoms with van der Waals surface area (Å²) in [5, 5.41) is 0. The molecule has 0 N–H and O–H groups in total. The van der Waals surface area contributed by atoms with Crippen LogP contribution in [0.1, 0.15) is 16.7 Å². The van der Waals surface area contributed by atoms with Crippen LogP contribution < -0.4 is 0 Å². The van der Waals surface area contributed by atoms with Gasteiger partial charge in [-0.2, -0.15) is 0 Å². The van der Waals surface area contributed by atoms with Gasteiger partial charge in [0.05, 0.1) is 19.0 Å². The van der Waals surface area contributed by atoms with Crippen molar-refractivity contribution in [3.63, 3.8) is 0 Å². The van der Waals surface area contributed by atoms with Crippen molar-refractivity contribution in [2.24, 2.45) is 5.92 Å². The third-order valence-electron chi connectivity index (χ3n) is 4.09. The predicted octanol–water partition coefficient (Wildman–Crippen LogP) is 2.57. The molecular weight excluding hydrogens is 320 g/mol. The number of thioether (sulfide) groups is 1. The monoisotopic (exact) mass is 350 g/mol. The first-order valence-electron chi connectivity index (χ1n) is 8.59. The summed E-state index contributed by atoms with van der Waals surface area (Å²) in [7, 11) is 4.13. The number of hydrogen-bond donors (Lipinski definition) is 0. The van der Waals surface area contributed by atoms with Crippen LogP contribution in [0.3, 0.4) is 0 Å². The van der Waals surface area contributed by atoms with Crippen LogP contribution in [-0.2, 0) is 15.3 Å². The van der Waals surface area contributed by atoms with Gasteiger partial charge in [-0.1, -0.05) is 29.3 Å². The van der Waals surface area contributed by atoms with Gasteiger partial charge in [0.25, 0.3) is 0 Å². The van der Waals surface area contributed by atoms with Crippen LogP contribution in [0.15, 0.2) is 18.2 Å². The van der Waals surface area contributed by atoms with Crippen LogP contribution in [-0.4, -0.2) is 68.4 Å². The molecular formula is C19H30N2O2S. The molecule has 0 aliphatic carbocycles. The van der Waals surface area contributed by atoms with E-state index in [1.54, 1.807) is 11.8 Å².